The highest BCUT2D eigenvalue weighted by Crippen LogP contribution is 2.31. The summed E-state index contributed by atoms with van der Waals surface area (Å²) in [7, 11) is 1.89. The lowest BCUT2D eigenvalue weighted by atomic mass is 10.2. The molecule has 6 heteroatoms. The van der Waals surface area contributed by atoms with Gasteiger partial charge in [-0.2, -0.15) is 0 Å². The second kappa shape index (κ2) is 5.12. The number of hydrogen-bond donors (Lipinski definition) is 1. The van der Waals surface area contributed by atoms with Gasteiger partial charge in [0.15, 0.2) is 11.0 Å². The Bertz CT molecular complexity index is 588. The summed E-state index contributed by atoms with van der Waals surface area (Å²) in [5.41, 5.74) is 8.38. The van der Waals surface area contributed by atoms with Crippen LogP contribution in [0.2, 0.25) is 5.15 Å². The number of nitrogens with zero attached hydrogens (tertiary/aromatic N) is 3. The van der Waals surface area contributed by atoms with E-state index in [0.29, 0.717) is 11.5 Å². The zero-order valence-corrected chi connectivity index (χ0v) is 12.3. The van der Waals surface area contributed by atoms with E-state index >= 15 is 0 Å². The smallest absolute Gasteiger partial charge is 0.161 e. The largest absolute Gasteiger partial charge is 0.393 e. The number of hydrogen-bond acceptors (Lipinski definition) is 4. The third-order valence-electron chi connectivity index (χ3n) is 2.66. The summed E-state index contributed by atoms with van der Waals surface area (Å²) in [6, 6.07) is 6.01. The summed E-state index contributed by atoms with van der Waals surface area (Å²) in [5.74, 6) is 0.594. The van der Waals surface area contributed by atoms with Crippen molar-refractivity contribution in [1.29, 1.82) is 0 Å². The summed E-state index contributed by atoms with van der Waals surface area (Å²) in [6.45, 7) is 2.03. The number of aromatic nitrogens is 2. The highest BCUT2D eigenvalue weighted by Gasteiger charge is 2.12. The summed E-state index contributed by atoms with van der Waals surface area (Å²) < 4.78 is 1.06. The van der Waals surface area contributed by atoms with Gasteiger partial charge < -0.3 is 10.6 Å². The van der Waals surface area contributed by atoms with Gasteiger partial charge in [0.05, 0.1) is 0 Å². The monoisotopic (exact) mass is 326 g/mol. The lowest BCUT2D eigenvalue weighted by Crippen LogP contribution is -2.14. The van der Waals surface area contributed by atoms with Crippen LogP contribution in [-0.2, 0) is 0 Å². The van der Waals surface area contributed by atoms with Crippen LogP contribution in [0.4, 0.5) is 17.2 Å². The molecule has 18 heavy (non-hydrogen) atoms. The van der Waals surface area contributed by atoms with Crippen LogP contribution in [0.5, 0.6) is 0 Å². The van der Waals surface area contributed by atoms with Crippen molar-refractivity contribution < 1.29 is 0 Å². The molecule has 0 aliphatic rings. The van der Waals surface area contributed by atoms with E-state index < -0.39 is 0 Å². The first-order valence-electron chi connectivity index (χ1n) is 5.26. The topological polar surface area (TPSA) is 55.0 Å². The van der Waals surface area contributed by atoms with Gasteiger partial charge in [-0.1, -0.05) is 27.5 Å². The molecule has 0 aliphatic carbocycles. The van der Waals surface area contributed by atoms with Crippen molar-refractivity contribution in [2.24, 2.45) is 0 Å². The maximum Gasteiger partial charge on any atom is 0.161 e. The van der Waals surface area contributed by atoms with Gasteiger partial charge in [0.1, 0.15) is 12.0 Å². The molecule has 0 bridgehead atoms. The van der Waals surface area contributed by atoms with Crippen molar-refractivity contribution in [3.8, 4) is 0 Å². The number of nitrogen functional groups attached to an aromatic ring is 1. The summed E-state index contributed by atoms with van der Waals surface area (Å²) >= 11 is 9.36. The first kappa shape index (κ1) is 13.1. The molecule has 0 radical (unpaired) electrons. The number of anilines is 3. The van der Waals surface area contributed by atoms with Crippen LogP contribution in [0.15, 0.2) is 29.0 Å². The van der Waals surface area contributed by atoms with Crippen LogP contribution in [0.25, 0.3) is 0 Å². The van der Waals surface area contributed by atoms with Crippen molar-refractivity contribution in [3.63, 3.8) is 0 Å². The molecule has 0 spiro atoms. The van der Waals surface area contributed by atoms with Crippen molar-refractivity contribution in [1.82, 2.24) is 9.97 Å². The second-order valence-electron chi connectivity index (χ2n) is 3.89. The van der Waals surface area contributed by atoms with Gasteiger partial charge in [-0.3, -0.25) is 0 Å². The number of halogens is 2. The highest BCUT2D eigenvalue weighted by molar-refractivity contribution is 9.10. The van der Waals surface area contributed by atoms with E-state index in [9.17, 15) is 0 Å². The summed E-state index contributed by atoms with van der Waals surface area (Å²) in [5, 5.41) is 0.265. The quantitative estimate of drug-likeness (QED) is 0.857. The van der Waals surface area contributed by atoms with Gasteiger partial charge >= 0.3 is 0 Å². The van der Waals surface area contributed by atoms with E-state index in [1.807, 2.05) is 37.1 Å². The first-order chi connectivity index (χ1) is 8.50. The molecule has 1 heterocycles. The number of rotatable bonds is 2. The minimum Gasteiger partial charge on any atom is -0.393 e. The van der Waals surface area contributed by atoms with E-state index in [4.69, 9.17) is 17.3 Å². The van der Waals surface area contributed by atoms with Gasteiger partial charge in [0, 0.05) is 17.2 Å². The van der Waals surface area contributed by atoms with E-state index in [1.54, 1.807) is 0 Å². The molecule has 1 aromatic carbocycles. The zero-order chi connectivity index (χ0) is 13.3. The van der Waals surface area contributed by atoms with E-state index in [-0.39, 0.29) is 5.15 Å². The van der Waals surface area contributed by atoms with Crippen LogP contribution in [0.3, 0.4) is 0 Å². The van der Waals surface area contributed by atoms with Crippen molar-refractivity contribution in [3.05, 3.63) is 39.7 Å². The Hall–Kier alpha value is -1.33. The van der Waals surface area contributed by atoms with Crippen molar-refractivity contribution in [2.75, 3.05) is 17.7 Å². The second-order valence-corrected chi connectivity index (χ2v) is 5.11. The third-order valence-corrected chi connectivity index (χ3v) is 3.85. The molecule has 0 atom stereocenters. The Morgan fingerprint density at radius 2 is 2.06 bits per heavy atom. The van der Waals surface area contributed by atoms with Crippen molar-refractivity contribution >= 4 is 44.7 Å². The minimum absolute atomic E-state index is 0.265. The van der Waals surface area contributed by atoms with Gasteiger partial charge in [-0.25, -0.2) is 9.97 Å². The molecular formula is C12H12BrClN4. The Balaban J connectivity index is 2.44. The molecule has 2 rings (SSSR count). The maximum absolute atomic E-state index is 5.89. The molecule has 0 aliphatic heterocycles. The first-order valence-corrected chi connectivity index (χ1v) is 6.43. The number of benzene rings is 1. The average Bonchev–Trinajstić information content (AvgIpc) is 2.35. The van der Waals surface area contributed by atoms with Gasteiger partial charge in [-0.05, 0) is 30.7 Å². The highest BCUT2D eigenvalue weighted by atomic mass is 79.9. The molecule has 0 saturated carbocycles. The van der Waals surface area contributed by atoms with Crippen LogP contribution >= 0.6 is 27.5 Å². The normalized spacial score (nSPS) is 10.4. The van der Waals surface area contributed by atoms with Crippen molar-refractivity contribution in [2.45, 2.75) is 6.92 Å². The van der Waals surface area contributed by atoms with Crippen LogP contribution < -0.4 is 10.6 Å². The SMILES string of the molecule is Cc1cc(N(C)c2ncnc(Cl)c2N)ccc1Br. The molecule has 0 fully saturated rings. The predicted molar refractivity (Wildman–Crippen MR) is 78.4 cm³/mol. The van der Waals surface area contributed by atoms with Crippen LogP contribution in [-0.4, -0.2) is 17.0 Å². The summed E-state index contributed by atoms with van der Waals surface area (Å²) in [6.07, 6.45) is 1.40. The molecule has 2 N–H and O–H groups in total. The zero-order valence-electron chi connectivity index (χ0n) is 9.98. The van der Waals surface area contributed by atoms with E-state index in [2.05, 4.69) is 25.9 Å². The molecule has 0 unspecified atom stereocenters. The van der Waals surface area contributed by atoms with Gasteiger partial charge in [0.2, 0.25) is 0 Å². The molecule has 0 saturated heterocycles. The summed E-state index contributed by atoms with van der Waals surface area (Å²) in [4.78, 5) is 9.88. The van der Waals surface area contributed by atoms with Crippen LogP contribution in [0.1, 0.15) is 5.56 Å². The molecule has 1 aromatic heterocycles. The predicted octanol–water partition coefficient (Wildman–Crippen LogP) is 3.55. The molecular weight excluding hydrogens is 316 g/mol. The fourth-order valence-corrected chi connectivity index (χ4v) is 1.97. The Morgan fingerprint density at radius 1 is 1.33 bits per heavy atom. The van der Waals surface area contributed by atoms with Gasteiger partial charge in [0.25, 0.3) is 0 Å². The maximum atomic E-state index is 5.89. The molecule has 4 nitrogen and oxygen atoms in total. The van der Waals surface area contributed by atoms with Crippen LogP contribution in [0, 0.1) is 6.92 Å². The molecule has 2 aromatic rings. The third kappa shape index (κ3) is 2.42. The average molecular weight is 328 g/mol. The Kier molecular flexibility index (Phi) is 3.73. The van der Waals surface area contributed by atoms with E-state index in [0.717, 1.165) is 15.7 Å². The fraction of sp³-hybridized carbons (Fsp3) is 0.167. The molecule has 94 valence electrons. The fourth-order valence-electron chi connectivity index (χ4n) is 1.59. The molecule has 0 amide bonds. The Morgan fingerprint density at radius 3 is 2.72 bits per heavy atom. The van der Waals surface area contributed by atoms with E-state index in [1.165, 1.54) is 6.33 Å². The lowest BCUT2D eigenvalue weighted by Gasteiger charge is -2.20. The number of aryl methyl sites for hydroxylation is 1. The Labute approximate surface area is 119 Å². The standard InChI is InChI=1S/C12H12BrClN4/c1-7-5-8(3-4-9(7)13)18(2)12-10(15)11(14)16-6-17-12/h3-6H,15H2,1-2H3. The lowest BCUT2D eigenvalue weighted by molar-refractivity contribution is 1.08. The number of nitrogens with two attached hydrogens (primary N) is 1. The van der Waals surface area contributed by atoms with Gasteiger partial charge in [-0.15, -0.1) is 0 Å². The minimum atomic E-state index is 0.265.